The molecule has 136 valence electrons. The van der Waals surface area contributed by atoms with Gasteiger partial charge in [0.2, 0.25) is 5.60 Å². The summed E-state index contributed by atoms with van der Waals surface area (Å²) in [5.74, 6) is -2.87. The van der Waals surface area contributed by atoms with Gasteiger partial charge < -0.3 is 15.3 Å². The normalized spacial score (nSPS) is 19.7. The van der Waals surface area contributed by atoms with Crippen molar-refractivity contribution in [2.45, 2.75) is 18.6 Å². The number of carbonyl (C=O) groups excluding carboxylic acids is 2. The summed E-state index contributed by atoms with van der Waals surface area (Å²) in [5.41, 5.74) is -1.75. The molecule has 0 radical (unpaired) electrons. The molecular weight excluding hydrogens is 366 g/mol. The van der Waals surface area contributed by atoms with E-state index in [1.54, 1.807) is 0 Å². The smallest absolute Gasteiger partial charge is 0.268 e. The third-order valence-corrected chi connectivity index (χ3v) is 4.57. The number of nitrogens with one attached hydrogen (secondary N) is 1. The molecule has 2 aromatic rings. The molecule has 2 aromatic carbocycles. The van der Waals surface area contributed by atoms with Gasteiger partial charge in [-0.05, 0) is 30.3 Å². The van der Waals surface area contributed by atoms with Gasteiger partial charge in [-0.2, -0.15) is 0 Å². The second-order valence-electron chi connectivity index (χ2n) is 5.94. The molecule has 0 saturated carbocycles. The van der Waals surface area contributed by atoms with Gasteiger partial charge in [-0.3, -0.25) is 9.59 Å². The first-order chi connectivity index (χ1) is 12.3. The van der Waals surface area contributed by atoms with E-state index < -0.39 is 29.0 Å². The lowest BCUT2D eigenvalue weighted by molar-refractivity contribution is -0.149. The molecule has 1 fully saturated rings. The van der Waals surface area contributed by atoms with Crippen molar-refractivity contribution in [1.29, 1.82) is 0 Å². The molecule has 1 heterocycles. The Bertz CT molecular complexity index is 860. The molecule has 26 heavy (non-hydrogen) atoms. The Labute approximate surface area is 153 Å². The fraction of sp³-hybridized carbons (Fsp3) is 0.222. The third-order valence-electron chi connectivity index (χ3n) is 4.28. The average Bonchev–Trinajstić information content (AvgIpc) is 2.93. The number of amides is 2. The van der Waals surface area contributed by atoms with E-state index in [9.17, 15) is 23.5 Å². The summed E-state index contributed by atoms with van der Waals surface area (Å²) in [7, 11) is 0. The monoisotopic (exact) mass is 380 g/mol. The van der Waals surface area contributed by atoms with Crippen molar-refractivity contribution in [3.63, 3.8) is 0 Å². The number of benzene rings is 2. The van der Waals surface area contributed by atoms with Gasteiger partial charge in [0, 0.05) is 30.8 Å². The van der Waals surface area contributed by atoms with Crippen LogP contribution in [0.15, 0.2) is 42.5 Å². The van der Waals surface area contributed by atoms with Gasteiger partial charge in [0.05, 0.1) is 5.02 Å². The summed E-state index contributed by atoms with van der Waals surface area (Å²) in [6.45, 7) is -0.128. The van der Waals surface area contributed by atoms with Crippen molar-refractivity contribution in [2.75, 3.05) is 11.4 Å². The van der Waals surface area contributed by atoms with Crippen LogP contribution in [-0.4, -0.2) is 29.1 Å². The predicted octanol–water partition coefficient (Wildman–Crippen LogP) is 2.40. The summed E-state index contributed by atoms with van der Waals surface area (Å²) in [6, 6.07) is 9.47. The predicted molar refractivity (Wildman–Crippen MR) is 91.6 cm³/mol. The van der Waals surface area contributed by atoms with E-state index in [-0.39, 0.29) is 30.1 Å². The Morgan fingerprint density at radius 1 is 1.23 bits per heavy atom. The molecular formula is C18H15ClF2N2O3. The zero-order chi connectivity index (χ0) is 18.9. The third kappa shape index (κ3) is 3.27. The topological polar surface area (TPSA) is 69.6 Å². The van der Waals surface area contributed by atoms with Gasteiger partial charge in [0.1, 0.15) is 11.6 Å². The number of hydrogen-bond acceptors (Lipinski definition) is 3. The van der Waals surface area contributed by atoms with E-state index >= 15 is 0 Å². The van der Waals surface area contributed by atoms with Gasteiger partial charge >= 0.3 is 0 Å². The molecule has 1 atom stereocenters. The summed E-state index contributed by atoms with van der Waals surface area (Å²) in [6.07, 6.45) is -0.132. The molecule has 0 spiro atoms. The maximum atomic E-state index is 13.9. The van der Waals surface area contributed by atoms with Crippen molar-refractivity contribution in [3.05, 3.63) is 64.7 Å². The zero-order valence-electron chi connectivity index (χ0n) is 13.5. The molecule has 8 heteroatoms. The number of hydrogen-bond donors (Lipinski definition) is 2. The number of aliphatic hydroxyl groups is 1. The maximum Gasteiger partial charge on any atom is 0.268 e. The highest BCUT2D eigenvalue weighted by Crippen LogP contribution is 2.29. The molecule has 0 aromatic heterocycles. The minimum atomic E-state index is -2.26. The Morgan fingerprint density at radius 3 is 2.62 bits per heavy atom. The number of carbonyl (C=O) groups is 2. The number of anilines is 1. The van der Waals surface area contributed by atoms with Crippen molar-refractivity contribution in [1.82, 2.24) is 5.32 Å². The van der Waals surface area contributed by atoms with E-state index in [1.807, 2.05) is 0 Å². The van der Waals surface area contributed by atoms with Crippen LogP contribution < -0.4 is 10.2 Å². The van der Waals surface area contributed by atoms with Gasteiger partial charge in [-0.1, -0.05) is 23.7 Å². The Hall–Kier alpha value is -2.51. The van der Waals surface area contributed by atoms with Crippen LogP contribution in [0.3, 0.4) is 0 Å². The first kappa shape index (κ1) is 18.3. The minimum absolute atomic E-state index is 0.0881. The van der Waals surface area contributed by atoms with E-state index in [1.165, 1.54) is 47.4 Å². The van der Waals surface area contributed by atoms with Crippen molar-refractivity contribution < 1.29 is 23.5 Å². The van der Waals surface area contributed by atoms with Gasteiger partial charge in [0.15, 0.2) is 0 Å². The number of nitrogens with zero attached hydrogens (tertiary/aromatic N) is 1. The van der Waals surface area contributed by atoms with Gasteiger partial charge in [-0.25, -0.2) is 8.78 Å². The second-order valence-corrected chi connectivity index (χ2v) is 6.35. The largest absolute Gasteiger partial charge is 0.372 e. The van der Waals surface area contributed by atoms with Crippen LogP contribution in [0.5, 0.6) is 0 Å². The lowest BCUT2D eigenvalue weighted by Gasteiger charge is -2.22. The van der Waals surface area contributed by atoms with E-state index in [4.69, 9.17) is 11.6 Å². The Kier molecular flexibility index (Phi) is 4.93. The maximum absolute atomic E-state index is 13.9. The highest BCUT2D eigenvalue weighted by atomic mass is 35.5. The molecule has 1 unspecified atom stereocenters. The Balaban J connectivity index is 1.71. The van der Waals surface area contributed by atoms with Crippen LogP contribution in [0, 0.1) is 11.6 Å². The first-order valence-corrected chi connectivity index (χ1v) is 8.22. The van der Waals surface area contributed by atoms with Crippen molar-refractivity contribution in [3.8, 4) is 0 Å². The summed E-state index contributed by atoms with van der Waals surface area (Å²) in [5, 5.41) is 12.8. The minimum Gasteiger partial charge on any atom is -0.372 e. The van der Waals surface area contributed by atoms with Crippen molar-refractivity contribution in [2.24, 2.45) is 0 Å². The fourth-order valence-corrected chi connectivity index (χ4v) is 2.98. The molecule has 3 rings (SSSR count). The molecule has 1 saturated heterocycles. The summed E-state index contributed by atoms with van der Waals surface area (Å²) < 4.78 is 26.9. The first-order valence-electron chi connectivity index (χ1n) is 7.84. The fourth-order valence-electron chi connectivity index (χ4n) is 2.79. The standard InChI is InChI=1S/C18H15ClF2N2O3/c19-14-3-1-2-11(15(14)21)10-22-16(24)18(26)8-9-23(17(18)25)13-6-4-12(20)5-7-13/h1-7,26H,8-10H2,(H,22,24). The number of halogens is 3. The van der Waals surface area contributed by atoms with Crippen LogP contribution in [0.4, 0.5) is 14.5 Å². The van der Waals surface area contributed by atoms with Gasteiger partial charge in [0.25, 0.3) is 11.8 Å². The number of rotatable bonds is 4. The lowest BCUT2D eigenvalue weighted by atomic mass is 10.0. The van der Waals surface area contributed by atoms with Crippen molar-refractivity contribution >= 4 is 29.1 Å². The SMILES string of the molecule is O=C(NCc1cccc(Cl)c1F)C1(O)CCN(c2ccc(F)cc2)C1=O. The van der Waals surface area contributed by atoms with Gasteiger partial charge in [-0.15, -0.1) is 0 Å². The summed E-state index contributed by atoms with van der Waals surface area (Å²) >= 11 is 5.68. The van der Waals surface area contributed by atoms with Crippen LogP contribution in [0.2, 0.25) is 5.02 Å². The van der Waals surface area contributed by atoms with E-state index in [2.05, 4.69) is 5.32 Å². The molecule has 2 amide bonds. The van der Waals surface area contributed by atoms with E-state index in [0.29, 0.717) is 5.69 Å². The molecule has 0 aliphatic carbocycles. The lowest BCUT2D eigenvalue weighted by Crippen LogP contribution is -2.52. The van der Waals surface area contributed by atoms with Crippen LogP contribution in [0.25, 0.3) is 0 Å². The molecule has 1 aliphatic rings. The van der Waals surface area contributed by atoms with Crippen LogP contribution >= 0.6 is 11.6 Å². The molecule has 5 nitrogen and oxygen atoms in total. The molecule has 2 N–H and O–H groups in total. The molecule has 0 bridgehead atoms. The highest BCUT2D eigenvalue weighted by Gasteiger charge is 2.51. The average molecular weight is 381 g/mol. The quantitative estimate of drug-likeness (QED) is 0.800. The summed E-state index contributed by atoms with van der Waals surface area (Å²) in [4.78, 5) is 26.1. The zero-order valence-corrected chi connectivity index (χ0v) is 14.3. The van der Waals surface area contributed by atoms with E-state index in [0.717, 1.165) is 0 Å². The molecule has 1 aliphatic heterocycles. The van der Waals surface area contributed by atoms with Crippen LogP contribution in [-0.2, 0) is 16.1 Å². The second kappa shape index (κ2) is 7.01. The Morgan fingerprint density at radius 2 is 1.92 bits per heavy atom. The van der Waals surface area contributed by atoms with Crippen LogP contribution in [0.1, 0.15) is 12.0 Å². The highest BCUT2D eigenvalue weighted by molar-refractivity contribution is 6.30.